The van der Waals surface area contributed by atoms with Crippen LogP contribution in [0.25, 0.3) is 0 Å². The van der Waals surface area contributed by atoms with Crippen molar-refractivity contribution in [2.75, 3.05) is 0 Å². The van der Waals surface area contributed by atoms with E-state index in [1.807, 2.05) is 7.05 Å². The van der Waals surface area contributed by atoms with Gasteiger partial charge in [0.05, 0.1) is 18.2 Å². The topological polar surface area (TPSA) is 38.1 Å². The summed E-state index contributed by atoms with van der Waals surface area (Å²) in [5.74, 6) is 5.56. The van der Waals surface area contributed by atoms with Crippen molar-refractivity contribution < 1.29 is 5.11 Å². The van der Waals surface area contributed by atoms with Crippen LogP contribution in [0.3, 0.4) is 0 Å². The van der Waals surface area contributed by atoms with Gasteiger partial charge in [-0.15, -0.1) is 11.8 Å². The lowest BCUT2D eigenvalue weighted by atomic mass is 10.2. The smallest absolute Gasteiger partial charge is 0.106 e. The van der Waals surface area contributed by atoms with Gasteiger partial charge in [0.2, 0.25) is 0 Å². The van der Waals surface area contributed by atoms with Crippen LogP contribution in [0, 0.1) is 11.8 Å². The van der Waals surface area contributed by atoms with E-state index in [1.165, 1.54) is 0 Å². The van der Waals surface area contributed by atoms with E-state index >= 15 is 0 Å². The van der Waals surface area contributed by atoms with Gasteiger partial charge in [0.15, 0.2) is 0 Å². The maximum atomic E-state index is 9.56. The van der Waals surface area contributed by atoms with Crippen molar-refractivity contribution in [3.05, 3.63) is 18.2 Å². The van der Waals surface area contributed by atoms with Crippen LogP contribution >= 0.6 is 0 Å². The lowest BCUT2D eigenvalue weighted by molar-refractivity contribution is 0.175. The molecule has 1 rings (SSSR count). The van der Waals surface area contributed by atoms with Crippen LogP contribution in [0.2, 0.25) is 0 Å². The van der Waals surface area contributed by atoms with Gasteiger partial charge in [-0.3, -0.25) is 0 Å². The van der Waals surface area contributed by atoms with Gasteiger partial charge in [0, 0.05) is 13.5 Å². The van der Waals surface area contributed by atoms with Crippen LogP contribution in [0.1, 0.15) is 25.1 Å². The van der Waals surface area contributed by atoms with Crippen molar-refractivity contribution in [2.45, 2.75) is 19.4 Å². The molecule has 0 aliphatic heterocycles. The molecule has 1 aromatic heterocycles. The summed E-state index contributed by atoms with van der Waals surface area (Å²) in [6.45, 7) is 1.76. The first-order chi connectivity index (χ1) is 5.75. The minimum atomic E-state index is -0.523. The fourth-order valence-electron chi connectivity index (χ4n) is 0.992. The van der Waals surface area contributed by atoms with Crippen LogP contribution in [0.5, 0.6) is 0 Å². The van der Waals surface area contributed by atoms with Gasteiger partial charge >= 0.3 is 0 Å². The van der Waals surface area contributed by atoms with Crippen LogP contribution in [-0.4, -0.2) is 14.7 Å². The van der Waals surface area contributed by atoms with Crippen LogP contribution in [0.15, 0.2) is 12.5 Å². The van der Waals surface area contributed by atoms with E-state index in [0.717, 1.165) is 5.69 Å². The van der Waals surface area contributed by atoms with Gasteiger partial charge in [-0.25, -0.2) is 4.98 Å². The maximum Gasteiger partial charge on any atom is 0.106 e. The average Bonchev–Trinajstić information content (AvgIpc) is 2.47. The second kappa shape index (κ2) is 3.93. The van der Waals surface area contributed by atoms with Crippen molar-refractivity contribution in [3.63, 3.8) is 0 Å². The molecular weight excluding hydrogens is 152 g/mol. The monoisotopic (exact) mass is 164 g/mol. The molecule has 0 radical (unpaired) electrons. The van der Waals surface area contributed by atoms with Crippen LogP contribution in [-0.2, 0) is 7.05 Å². The average molecular weight is 164 g/mol. The number of aromatic nitrogens is 2. The number of imidazole rings is 1. The molecule has 0 aliphatic carbocycles. The highest BCUT2D eigenvalue weighted by molar-refractivity contribution is 5.07. The molecule has 0 fully saturated rings. The lowest BCUT2D eigenvalue weighted by Crippen LogP contribution is -2.02. The molecule has 1 heterocycles. The van der Waals surface area contributed by atoms with E-state index in [9.17, 15) is 5.11 Å². The third-order valence-corrected chi connectivity index (χ3v) is 1.67. The van der Waals surface area contributed by atoms with E-state index in [1.54, 1.807) is 24.0 Å². The van der Waals surface area contributed by atoms with E-state index in [2.05, 4.69) is 16.8 Å². The molecule has 0 aromatic carbocycles. The number of hydrogen-bond donors (Lipinski definition) is 1. The number of aliphatic hydroxyl groups excluding tert-OH is 1. The zero-order valence-electron chi connectivity index (χ0n) is 7.28. The number of aliphatic hydroxyl groups is 1. The maximum absolute atomic E-state index is 9.56. The lowest BCUT2D eigenvalue weighted by Gasteiger charge is -2.06. The Kier molecular flexibility index (Phi) is 2.89. The molecule has 3 nitrogen and oxygen atoms in total. The summed E-state index contributed by atoms with van der Waals surface area (Å²) in [7, 11) is 1.85. The molecule has 0 bridgehead atoms. The SMILES string of the molecule is CC#CCC(O)c1cncn1C. The van der Waals surface area contributed by atoms with Gasteiger partial charge in [-0.1, -0.05) is 0 Å². The van der Waals surface area contributed by atoms with Gasteiger partial charge in [0.1, 0.15) is 6.10 Å². The molecule has 0 aliphatic rings. The van der Waals surface area contributed by atoms with Crippen molar-refractivity contribution in [2.24, 2.45) is 7.05 Å². The van der Waals surface area contributed by atoms with E-state index in [0.29, 0.717) is 6.42 Å². The standard InChI is InChI=1S/C9H12N2O/c1-3-4-5-9(12)8-6-10-7-11(8)2/h6-7,9,12H,5H2,1-2H3. The summed E-state index contributed by atoms with van der Waals surface area (Å²) in [5, 5.41) is 9.56. The van der Waals surface area contributed by atoms with Gasteiger partial charge in [0.25, 0.3) is 0 Å². The van der Waals surface area contributed by atoms with Crippen LogP contribution < -0.4 is 0 Å². The van der Waals surface area contributed by atoms with Crippen molar-refractivity contribution in [3.8, 4) is 11.8 Å². The van der Waals surface area contributed by atoms with Crippen molar-refractivity contribution in [1.29, 1.82) is 0 Å². The molecule has 1 aromatic rings. The molecule has 0 spiro atoms. The van der Waals surface area contributed by atoms with E-state index in [4.69, 9.17) is 0 Å². The highest BCUT2D eigenvalue weighted by atomic mass is 16.3. The Morgan fingerprint density at radius 2 is 2.50 bits per heavy atom. The fourth-order valence-corrected chi connectivity index (χ4v) is 0.992. The Labute approximate surface area is 72.1 Å². The summed E-state index contributed by atoms with van der Waals surface area (Å²) >= 11 is 0. The predicted octanol–water partition coefficient (Wildman–Crippen LogP) is 0.867. The number of rotatable bonds is 2. The predicted molar refractivity (Wildman–Crippen MR) is 46.2 cm³/mol. The summed E-state index contributed by atoms with van der Waals surface area (Å²) in [6, 6.07) is 0. The summed E-state index contributed by atoms with van der Waals surface area (Å²) in [4.78, 5) is 3.91. The highest BCUT2D eigenvalue weighted by Gasteiger charge is 2.08. The van der Waals surface area contributed by atoms with E-state index < -0.39 is 6.10 Å². The Morgan fingerprint density at radius 1 is 1.75 bits per heavy atom. The normalized spacial score (nSPS) is 11.9. The first-order valence-corrected chi connectivity index (χ1v) is 3.79. The largest absolute Gasteiger partial charge is 0.386 e. The molecule has 1 unspecified atom stereocenters. The van der Waals surface area contributed by atoms with E-state index in [-0.39, 0.29) is 0 Å². The molecule has 0 saturated carbocycles. The first kappa shape index (κ1) is 8.82. The summed E-state index contributed by atoms with van der Waals surface area (Å²) < 4.78 is 1.79. The van der Waals surface area contributed by atoms with Gasteiger partial charge in [-0.05, 0) is 6.92 Å². The number of aryl methyl sites for hydroxylation is 1. The third-order valence-electron chi connectivity index (χ3n) is 1.67. The van der Waals surface area contributed by atoms with Gasteiger partial charge < -0.3 is 9.67 Å². The minimum Gasteiger partial charge on any atom is -0.386 e. The number of hydrogen-bond acceptors (Lipinski definition) is 2. The van der Waals surface area contributed by atoms with Gasteiger partial charge in [-0.2, -0.15) is 0 Å². The zero-order chi connectivity index (χ0) is 8.97. The molecule has 1 atom stereocenters. The molecule has 1 N–H and O–H groups in total. The quantitative estimate of drug-likeness (QED) is 0.658. The minimum absolute atomic E-state index is 0.468. The molecule has 3 heteroatoms. The molecule has 0 saturated heterocycles. The molecule has 0 amide bonds. The first-order valence-electron chi connectivity index (χ1n) is 3.79. The third kappa shape index (κ3) is 1.86. The Balaban J connectivity index is 2.68. The molecule has 12 heavy (non-hydrogen) atoms. The second-order valence-electron chi connectivity index (χ2n) is 2.58. The zero-order valence-corrected chi connectivity index (χ0v) is 7.28. The Hall–Kier alpha value is -1.27. The molecule has 64 valence electrons. The second-order valence-corrected chi connectivity index (χ2v) is 2.58. The van der Waals surface area contributed by atoms with Crippen LogP contribution in [0.4, 0.5) is 0 Å². The Bertz CT molecular complexity index is 306. The Morgan fingerprint density at radius 3 is 3.00 bits per heavy atom. The van der Waals surface area contributed by atoms with Crippen molar-refractivity contribution in [1.82, 2.24) is 9.55 Å². The highest BCUT2D eigenvalue weighted by Crippen LogP contribution is 2.13. The molecular formula is C9H12N2O. The number of nitrogens with zero attached hydrogens (tertiary/aromatic N) is 2. The summed E-state index contributed by atoms with van der Waals surface area (Å²) in [6.07, 6.45) is 3.26. The van der Waals surface area contributed by atoms with Crippen molar-refractivity contribution >= 4 is 0 Å². The summed E-state index contributed by atoms with van der Waals surface area (Å²) in [5.41, 5.74) is 0.803. The fraction of sp³-hybridized carbons (Fsp3) is 0.444.